The number of hydrogen-bond acceptors (Lipinski definition) is 5. The van der Waals surface area contributed by atoms with Crippen LogP contribution in [0, 0.1) is 13.8 Å². The number of aryl methyl sites for hydroxylation is 2. The van der Waals surface area contributed by atoms with E-state index in [1.807, 2.05) is 61.2 Å². The highest BCUT2D eigenvalue weighted by Gasteiger charge is 2.28. The number of carbonyl (C=O) groups excluding carboxylic acids is 1. The zero-order valence-electron chi connectivity index (χ0n) is 19.0. The Labute approximate surface area is 189 Å². The third-order valence-electron chi connectivity index (χ3n) is 6.00. The quantitative estimate of drug-likeness (QED) is 0.540. The first kappa shape index (κ1) is 21.9. The summed E-state index contributed by atoms with van der Waals surface area (Å²) in [4.78, 5) is 19.2. The fourth-order valence-electron chi connectivity index (χ4n) is 4.29. The summed E-state index contributed by atoms with van der Waals surface area (Å²) in [6.07, 6.45) is 4.28. The number of likely N-dealkylation sites (tertiary alicyclic amines) is 1. The molecule has 1 saturated heterocycles. The van der Waals surface area contributed by atoms with Crippen LogP contribution in [-0.4, -0.2) is 42.6 Å². The molecule has 1 aliphatic heterocycles. The Hall–Kier alpha value is -3.28. The molecule has 32 heavy (non-hydrogen) atoms. The normalized spacial score (nSPS) is 16.1. The Morgan fingerprint density at radius 3 is 2.72 bits per heavy atom. The first-order chi connectivity index (χ1) is 15.5. The van der Waals surface area contributed by atoms with E-state index >= 15 is 0 Å². The van der Waals surface area contributed by atoms with Gasteiger partial charge in [-0.1, -0.05) is 36.4 Å². The Morgan fingerprint density at radius 1 is 1.16 bits per heavy atom. The summed E-state index contributed by atoms with van der Waals surface area (Å²) in [5, 5.41) is 0. The SMILES string of the molecule is COc1ccccc1Cc1cnc(C2CCCN(C(=O)COc3c(C)cccc3C)C2)o1. The van der Waals surface area contributed by atoms with E-state index in [2.05, 4.69) is 4.98 Å². The van der Waals surface area contributed by atoms with Crippen LogP contribution in [0.1, 0.15) is 47.1 Å². The van der Waals surface area contributed by atoms with Crippen molar-refractivity contribution in [1.82, 2.24) is 9.88 Å². The van der Waals surface area contributed by atoms with Crippen molar-refractivity contribution in [2.45, 2.75) is 39.0 Å². The number of carbonyl (C=O) groups is 1. The predicted molar refractivity (Wildman–Crippen MR) is 122 cm³/mol. The number of oxazole rings is 1. The summed E-state index contributed by atoms with van der Waals surface area (Å²) >= 11 is 0. The molecule has 3 aromatic rings. The molecule has 2 heterocycles. The number of nitrogens with zero attached hydrogens (tertiary/aromatic N) is 2. The van der Waals surface area contributed by atoms with E-state index in [1.54, 1.807) is 13.3 Å². The van der Waals surface area contributed by atoms with Gasteiger partial charge in [0.05, 0.1) is 19.2 Å². The van der Waals surface area contributed by atoms with E-state index in [4.69, 9.17) is 13.9 Å². The largest absolute Gasteiger partial charge is 0.496 e. The van der Waals surface area contributed by atoms with Crippen LogP contribution in [0.3, 0.4) is 0 Å². The maximum absolute atomic E-state index is 12.8. The molecule has 1 fully saturated rings. The molecular formula is C26H30N2O4. The molecule has 1 aromatic heterocycles. The number of benzene rings is 2. The van der Waals surface area contributed by atoms with Crippen LogP contribution in [0.4, 0.5) is 0 Å². The van der Waals surface area contributed by atoms with Crippen molar-refractivity contribution in [1.29, 1.82) is 0 Å². The summed E-state index contributed by atoms with van der Waals surface area (Å²) in [5.74, 6) is 3.22. The minimum Gasteiger partial charge on any atom is -0.496 e. The zero-order chi connectivity index (χ0) is 22.5. The number of methoxy groups -OCH3 is 1. The van der Waals surface area contributed by atoms with Crippen LogP contribution < -0.4 is 9.47 Å². The highest BCUT2D eigenvalue weighted by atomic mass is 16.5. The average molecular weight is 435 g/mol. The second-order valence-electron chi connectivity index (χ2n) is 8.34. The van der Waals surface area contributed by atoms with Gasteiger partial charge in [0, 0.05) is 25.1 Å². The van der Waals surface area contributed by atoms with Gasteiger partial charge in [-0.15, -0.1) is 0 Å². The van der Waals surface area contributed by atoms with E-state index in [-0.39, 0.29) is 18.4 Å². The second-order valence-corrected chi connectivity index (χ2v) is 8.34. The standard InChI is InChI=1S/C26H30N2O4/c1-18-8-6-9-19(2)25(18)31-17-24(29)28-13-7-11-21(16-28)26-27-15-22(32-26)14-20-10-4-5-12-23(20)30-3/h4-6,8-10,12,15,21H,7,11,13-14,16-17H2,1-3H3. The number of hydrogen-bond donors (Lipinski definition) is 0. The van der Waals surface area contributed by atoms with E-state index in [0.717, 1.165) is 53.3 Å². The van der Waals surface area contributed by atoms with Crippen molar-refractivity contribution in [3.63, 3.8) is 0 Å². The van der Waals surface area contributed by atoms with Crippen molar-refractivity contribution in [2.24, 2.45) is 0 Å². The zero-order valence-corrected chi connectivity index (χ0v) is 19.0. The number of ether oxygens (including phenoxy) is 2. The lowest BCUT2D eigenvalue weighted by molar-refractivity contribution is -0.134. The molecule has 1 unspecified atom stereocenters. The number of amides is 1. The molecule has 2 aromatic carbocycles. The number of para-hydroxylation sites is 2. The Kier molecular flexibility index (Phi) is 6.78. The topological polar surface area (TPSA) is 64.8 Å². The lowest BCUT2D eigenvalue weighted by Crippen LogP contribution is -2.41. The van der Waals surface area contributed by atoms with Gasteiger partial charge < -0.3 is 18.8 Å². The molecule has 0 radical (unpaired) electrons. The number of rotatable bonds is 7. The van der Waals surface area contributed by atoms with Crippen LogP contribution in [-0.2, 0) is 11.2 Å². The molecule has 1 aliphatic rings. The van der Waals surface area contributed by atoms with Gasteiger partial charge in [-0.2, -0.15) is 0 Å². The van der Waals surface area contributed by atoms with Gasteiger partial charge in [0.15, 0.2) is 12.5 Å². The Morgan fingerprint density at radius 2 is 1.94 bits per heavy atom. The van der Waals surface area contributed by atoms with Gasteiger partial charge in [-0.3, -0.25) is 4.79 Å². The molecular weight excluding hydrogens is 404 g/mol. The second kappa shape index (κ2) is 9.90. The molecule has 0 bridgehead atoms. The first-order valence-electron chi connectivity index (χ1n) is 11.1. The van der Waals surface area contributed by atoms with Crippen molar-refractivity contribution in [3.8, 4) is 11.5 Å². The molecule has 6 heteroatoms. The van der Waals surface area contributed by atoms with Crippen molar-refractivity contribution in [3.05, 3.63) is 77.0 Å². The molecule has 0 spiro atoms. The maximum Gasteiger partial charge on any atom is 0.260 e. The van der Waals surface area contributed by atoms with Crippen molar-refractivity contribution in [2.75, 3.05) is 26.8 Å². The van der Waals surface area contributed by atoms with E-state index in [0.29, 0.717) is 18.9 Å². The predicted octanol–water partition coefficient (Wildman–Crippen LogP) is 4.68. The number of aromatic nitrogens is 1. The van der Waals surface area contributed by atoms with Crippen molar-refractivity contribution < 1.29 is 18.7 Å². The molecule has 6 nitrogen and oxygen atoms in total. The maximum atomic E-state index is 12.8. The lowest BCUT2D eigenvalue weighted by atomic mass is 9.98. The van der Waals surface area contributed by atoms with Crippen LogP contribution in [0.25, 0.3) is 0 Å². The lowest BCUT2D eigenvalue weighted by Gasteiger charge is -2.31. The van der Waals surface area contributed by atoms with Gasteiger partial charge >= 0.3 is 0 Å². The molecule has 4 rings (SSSR count). The molecule has 0 N–H and O–H groups in total. The van der Waals surface area contributed by atoms with Gasteiger partial charge in [-0.05, 0) is 43.9 Å². The fraction of sp³-hybridized carbons (Fsp3) is 0.385. The van der Waals surface area contributed by atoms with E-state index in [9.17, 15) is 4.79 Å². The van der Waals surface area contributed by atoms with Gasteiger partial charge in [0.1, 0.15) is 17.3 Å². The molecule has 0 aliphatic carbocycles. The molecule has 168 valence electrons. The van der Waals surface area contributed by atoms with Crippen LogP contribution in [0.2, 0.25) is 0 Å². The van der Waals surface area contributed by atoms with Gasteiger partial charge in [0.2, 0.25) is 0 Å². The average Bonchev–Trinajstić information content (AvgIpc) is 3.27. The monoisotopic (exact) mass is 434 g/mol. The van der Waals surface area contributed by atoms with Gasteiger partial charge in [-0.25, -0.2) is 4.98 Å². The third-order valence-corrected chi connectivity index (χ3v) is 6.00. The summed E-state index contributed by atoms with van der Waals surface area (Å²) in [5.41, 5.74) is 3.13. The molecule has 1 atom stereocenters. The summed E-state index contributed by atoms with van der Waals surface area (Å²) in [6.45, 7) is 5.37. The van der Waals surface area contributed by atoms with E-state index < -0.39 is 0 Å². The third kappa shape index (κ3) is 4.96. The minimum absolute atomic E-state index is 0.00171. The summed E-state index contributed by atoms with van der Waals surface area (Å²) in [7, 11) is 1.67. The summed E-state index contributed by atoms with van der Waals surface area (Å²) in [6, 6.07) is 13.9. The summed E-state index contributed by atoms with van der Waals surface area (Å²) < 4.78 is 17.4. The minimum atomic E-state index is -0.00171. The Bertz CT molecular complexity index is 1050. The fourth-order valence-corrected chi connectivity index (χ4v) is 4.29. The van der Waals surface area contributed by atoms with Crippen LogP contribution in [0.15, 0.2) is 53.1 Å². The van der Waals surface area contributed by atoms with Crippen LogP contribution in [0.5, 0.6) is 11.5 Å². The van der Waals surface area contributed by atoms with Crippen LogP contribution >= 0.6 is 0 Å². The highest BCUT2D eigenvalue weighted by molar-refractivity contribution is 5.78. The molecule has 0 saturated carbocycles. The first-order valence-corrected chi connectivity index (χ1v) is 11.1. The number of piperidine rings is 1. The Balaban J connectivity index is 1.37. The highest BCUT2D eigenvalue weighted by Crippen LogP contribution is 2.29. The van der Waals surface area contributed by atoms with Crippen molar-refractivity contribution >= 4 is 5.91 Å². The smallest absolute Gasteiger partial charge is 0.260 e. The molecule has 1 amide bonds. The van der Waals surface area contributed by atoms with Gasteiger partial charge in [0.25, 0.3) is 5.91 Å². The van der Waals surface area contributed by atoms with E-state index in [1.165, 1.54) is 0 Å².